The van der Waals surface area contributed by atoms with E-state index in [2.05, 4.69) is 21.6 Å². The normalized spacial score (nSPS) is 17.7. The second-order valence-corrected chi connectivity index (χ2v) is 4.43. The molecule has 92 valence electrons. The molecular formula is C14H15N3O. The number of benzene rings is 1. The molecule has 1 aromatic heterocycles. The number of hydrogen-bond acceptors (Lipinski definition) is 4. The van der Waals surface area contributed by atoms with E-state index < -0.39 is 0 Å². The van der Waals surface area contributed by atoms with Crippen molar-refractivity contribution in [3.05, 3.63) is 47.7 Å². The Kier molecular flexibility index (Phi) is 2.84. The van der Waals surface area contributed by atoms with E-state index in [0.717, 1.165) is 30.3 Å². The Bertz CT molecular complexity index is 539. The highest BCUT2D eigenvalue weighted by atomic mass is 16.5. The van der Waals surface area contributed by atoms with Crippen LogP contribution in [0, 0.1) is 6.92 Å². The van der Waals surface area contributed by atoms with Crippen LogP contribution in [0.25, 0.3) is 0 Å². The molecule has 4 heteroatoms. The first-order chi connectivity index (χ1) is 8.83. The van der Waals surface area contributed by atoms with Crippen LogP contribution in [0.2, 0.25) is 0 Å². The van der Waals surface area contributed by atoms with Crippen molar-refractivity contribution < 1.29 is 4.74 Å². The van der Waals surface area contributed by atoms with Gasteiger partial charge in [0.2, 0.25) is 0 Å². The molecular weight excluding hydrogens is 226 g/mol. The Morgan fingerprint density at radius 3 is 2.89 bits per heavy atom. The predicted octanol–water partition coefficient (Wildman–Crippen LogP) is 2.72. The summed E-state index contributed by atoms with van der Waals surface area (Å²) in [5.41, 5.74) is 2.11. The van der Waals surface area contributed by atoms with E-state index in [0.29, 0.717) is 0 Å². The van der Waals surface area contributed by atoms with Gasteiger partial charge in [-0.1, -0.05) is 18.2 Å². The Morgan fingerprint density at radius 2 is 2.06 bits per heavy atom. The van der Waals surface area contributed by atoms with Crippen LogP contribution >= 0.6 is 0 Å². The summed E-state index contributed by atoms with van der Waals surface area (Å²) in [5, 5.41) is 11.6. The number of fused-ring (bicyclic) bond motifs is 1. The first kappa shape index (κ1) is 11.0. The van der Waals surface area contributed by atoms with Crippen LogP contribution in [0.1, 0.15) is 23.7 Å². The highest BCUT2D eigenvalue weighted by Gasteiger charge is 2.20. The average molecular weight is 241 g/mol. The molecule has 0 fully saturated rings. The van der Waals surface area contributed by atoms with E-state index in [9.17, 15) is 0 Å². The Labute approximate surface area is 106 Å². The second kappa shape index (κ2) is 4.64. The zero-order chi connectivity index (χ0) is 12.4. The van der Waals surface area contributed by atoms with E-state index in [-0.39, 0.29) is 6.04 Å². The molecule has 2 heterocycles. The maximum absolute atomic E-state index is 5.63. The van der Waals surface area contributed by atoms with E-state index >= 15 is 0 Å². The molecule has 1 aliphatic rings. The van der Waals surface area contributed by atoms with E-state index in [1.165, 1.54) is 5.56 Å². The molecule has 1 atom stereocenters. The third-order valence-electron chi connectivity index (χ3n) is 3.08. The molecule has 0 aliphatic carbocycles. The molecule has 0 spiro atoms. The molecule has 0 amide bonds. The van der Waals surface area contributed by atoms with E-state index in [4.69, 9.17) is 4.74 Å². The lowest BCUT2D eigenvalue weighted by molar-refractivity contribution is 0.274. The predicted molar refractivity (Wildman–Crippen MR) is 69.7 cm³/mol. The number of rotatable bonds is 2. The van der Waals surface area contributed by atoms with Crippen LogP contribution < -0.4 is 10.1 Å². The molecule has 3 rings (SSSR count). The van der Waals surface area contributed by atoms with Crippen molar-refractivity contribution in [1.82, 2.24) is 10.2 Å². The van der Waals surface area contributed by atoms with E-state index in [1.807, 2.05) is 37.3 Å². The summed E-state index contributed by atoms with van der Waals surface area (Å²) in [6.07, 6.45) is 0.937. The lowest BCUT2D eigenvalue weighted by atomic mass is 10.0. The van der Waals surface area contributed by atoms with Crippen LogP contribution in [0.3, 0.4) is 0 Å². The average Bonchev–Trinajstić information content (AvgIpc) is 2.42. The van der Waals surface area contributed by atoms with Gasteiger partial charge in [0, 0.05) is 12.0 Å². The summed E-state index contributed by atoms with van der Waals surface area (Å²) in [6, 6.07) is 12.3. The Morgan fingerprint density at radius 1 is 1.17 bits per heavy atom. The van der Waals surface area contributed by atoms with Crippen molar-refractivity contribution in [1.29, 1.82) is 0 Å². The molecule has 18 heavy (non-hydrogen) atoms. The zero-order valence-electron chi connectivity index (χ0n) is 10.3. The largest absolute Gasteiger partial charge is 0.493 e. The lowest BCUT2D eigenvalue weighted by Crippen LogP contribution is -2.20. The second-order valence-electron chi connectivity index (χ2n) is 4.43. The maximum atomic E-state index is 5.63. The van der Waals surface area contributed by atoms with Crippen LogP contribution in [-0.4, -0.2) is 16.8 Å². The van der Waals surface area contributed by atoms with Gasteiger partial charge in [0.25, 0.3) is 0 Å². The van der Waals surface area contributed by atoms with Crippen LogP contribution in [0.5, 0.6) is 5.75 Å². The standard InChI is InChI=1S/C14H15N3O/c1-10-6-7-14(17-16-10)15-12-8-9-18-13-5-3-2-4-11(12)13/h2-7,12H,8-9H2,1H3,(H,15,17). The minimum Gasteiger partial charge on any atom is -0.493 e. The van der Waals surface area contributed by atoms with Crippen molar-refractivity contribution in [3.8, 4) is 5.75 Å². The molecule has 1 aromatic carbocycles. The molecule has 0 saturated carbocycles. The van der Waals surface area contributed by atoms with Gasteiger partial charge in [0.1, 0.15) is 11.6 Å². The quantitative estimate of drug-likeness (QED) is 0.878. The minimum absolute atomic E-state index is 0.243. The van der Waals surface area contributed by atoms with Gasteiger partial charge >= 0.3 is 0 Å². The summed E-state index contributed by atoms with van der Waals surface area (Å²) in [7, 11) is 0. The molecule has 0 saturated heterocycles. The zero-order valence-corrected chi connectivity index (χ0v) is 10.3. The number of nitrogens with zero attached hydrogens (tertiary/aromatic N) is 2. The smallest absolute Gasteiger partial charge is 0.149 e. The fourth-order valence-corrected chi connectivity index (χ4v) is 2.15. The van der Waals surface area contributed by atoms with Gasteiger partial charge in [0.15, 0.2) is 0 Å². The number of aromatic nitrogens is 2. The fourth-order valence-electron chi connectivity index (χ4n) is 2.15. The van der Waals surface area contributed by atoms with Crippen molar-refractivity contribution in [2.24, 2.45) is 0 Å². The fraction of sp³-hybridized carbons (Fsp3) is 0.286. The molecule has 1 aliphatic heterocycles. The summed E-state index contributed by atoms with van der Waals surface area (Å²) in [4.78, 5) is 0. The molecule has 4 nitrogen and oxygen atoms in total. The summed E-state index contributed by atoms with van der Waals surface area (Å²) in [6.45, 7) is 2.66. The molecule has 1 unspecified atom stereocenters. The van der Waals surface area contributed by atoms with Gasteiger partial charge in [0.05, 0.1) is 18.3 Å². The number of nitrogens with one attached hydrogen (secondary N) is 1. The summed E-state index contributed by atoms with van der Waals surface area (Å²) in [5.74, 6) is 1.77. The first-order valence-electron chi connectivity index (χ1n) is 6.11. The van der Waals surface area contributed by atoms with Crippen molar-refractivity contribution >= 4 is 5.82 Å². The minimum atomic E-state index is 0.243. The van der Waals surface area contributed by atoms with Crippen molar-refractivity contribution in [2.45, 2.75) is 19.4 Å². The molecule has 1 N–H and O–H groups in total. The molecule has 2 aromatic rings. The molecule has 0 radical (unpaired) electrons. The highest BCUT2D eigenvalue weighted by molar-refractivity contribution is 5.44. The van der Waals surface area contributed by atoms with Gasteiger partial charge in [-0.25, -0.2) is 0 Å². The topological polar surface area (TPSA) is 47.0 Å². The third kappa shape index (κ3) is 2.14. The number of anilines is 1. The number of para-hydroxylation sites is 1. The number of ether oxygens (including phenoxy) is 1. The van der Waals surface area contributed by atoms with Gasteiger partial charge in [-0.05, 0) is 25.1 Å². The SMILES string of the molecule is Cc1ccc(NC2CCOc3ccccc32)nn1. The van der Waals surface area contributed by atoms with Gasteiger partial charge in [-0.15, -0.1) is 5.10 Å². The summed E-state index contributed by atoms with van der Waals surface area (Å²) >= 11 is 0. The number of aryl methyl sites for hydroxylation is 1. The van der Waals surface area contributed by atoms with Crippen molar-refractivity contribution in [3.63, 3.8) is 0 Å². The Balaban J connectivity index is 1.84. The lowest BCUT2D eigenvalue weighted by Gasteiger charge is -2.26. The third-order valence-corrected chi connectivity index (χ3v) is 3.08. The van der Waals surface area contributed by atoms with Crippen LogP contribution in [0.4, 0.5) is 5.82 Å². The summed E-state index contributed by atoms with van der Waals surface area (Å²) < 4.78 is 5.63. The molecule has 0 bridgehead atoms. The van der Waals surface area contributed by atoms with Crippen molar-refractivity contribution in [2.75, 3.05) is 11.9 Å². The van der Waals surface area contributed by atoms with Gasteiger partial charge in [-0.3, -0.25) is 0 Å². The van der Waals surface area contributed by atoms with Crippen LogP contribution in [0.15, 0.2) is 36.4 Å². The van der Waals surface area contributed by atoms with Gasteiger partial charge < -0.3 is 10.1 Å². The Hall–Kier alpha value is -2.10. The maximum Gasteiger partial charge on any atom is 0.149 e. The first-order valence-corrected chi connectivity index (χ1v) is 6.11. The van der Waals surface area contributed by atoms with E-state index in [1.54, 1.807) is 0 Å². The van der Waals surface area contributed by atoms with Crippen LogP contribution in [-0.2, 0) is 0 Å². The van der Waals surface area contributed by atoms with Gasteiger partial charge in [-0.2, -0.15) is 5.10 Å². The monoisotopic (exact) mass is 241 g/mol. The highest BCUT2D eigenvalue weighted by Crippen LogP contribution is 2.33. The number of hydrogen-bond donors (Lipinski definition) is 1.